The van der Waals surface area contributed by atoms with Crippen molar-refractivity contribution in [3.8, 4) is 0 Å². The van der Waals surface area contributed by atoms with Crippen LogP contribution in [-0.2, 0) is 14.3 Å². The highest BCUT2D eigenvalue weighted by molar-refractivity contribution is 6.11. The number of ketones is 1. The maximum absolute atomic E-state index is 13.1. The number of hydrogen-bond donors (Lipinski definition) is 0. The molecule has 1 aromatic rings. The SMILES string of the molecule is CN1C(=O)C2=C(C(=O)C3CCCCC3O2)C1c1cccc([N+](=O)[O-])c1. The molecule has 4 rings (SSSR count). The van der Waals surface area contributed by atoms with E-state index in [2.05, 4.69) is 0 Å². The van der Waals surface area contributed by atoms with Gasteiger partial charge >= 0.3 is 0 Å². The van der Waals surface area contributed by atoms with E-state index < -0.39 is 11.0 Å². The summed E-state index contributed by atoms with van der Waals surface area (Å²) in [7, 11) is 1.60. The number of benzene rings is 1. The topological polar surface area (TPSA) is 89.8 Å². The van der Waals surface area contributed by atoms with Crippen LogP contribution in [-0.4, -0.2) is 34.7 Å². The summed E-state index contributed by atoms with van der Waals surface area (Å²) < 4.78 is 5.93. The maximum Gasteiger partial charge on any atom is 0.289 e. The summed E-state index contributed by atoms with van der Waals surface area (Å²) in [6.07, 6.45) is 3.30. The zero-order chi connectivity index (χ0) is 17.7. The lowest BCUT2D eigenvalue weighted by Gasteiger charge is -2.35. The summed E-state index contributed by atoms with van der Waals surface area (Å²) >= 11 is 0. The number of nitro groups is 1. The van der Waals surface area contributed by atoms with Crippen LogP contribution in [0.15, 0.2) is 35.6 Å². The lowest BCUT2D eigenvalue weighted by atomic mass is 9.77. The van der Waals surface area contributed by atoms with Crippen molar-refractivity contribution in [3.05, 3.63) is 51.3 Å². The van der Waals surface area contributed by atoms with Gasteiger partial charge in [0.2, 0.25) is 0 Å². The van der Waals surface area contributed by atoms with Crippen LogP contribution in [0.5, 0.6) is 0 Å². The van der Waals surface area contributed by atoms with Gasteiger partial charge in [-0.15, -0.1) is 0 Å². The molecule has 2 heterocycles. The second-order valence-corrected chi connectivity index (χ2v) is 6.82. The second-order valence-electron chi connectivity index (χ2n) is 6.82. The first kappa shape index (κ1) is 15.8. The van der Waals surface area contributed by atoms with Gasteiger partial charge < -0.3 is 9.64 Å². The highest BCUT2D eigenvalue weighted by atomic mass is 16.6. The van der Waals surface area contributed by atoms with E-state index in [0.717, 1.165) is 25.7 Å². The summed E-state index contributed by atoms with van der Waals surface area (Å²) in [4.78, 5) is 37.7. The molecule has 25 heavy (non-hydrogen) atoms. The Balaban J connectivity index is 1.79. The fourth-order valence-corrected chi connectivity index (χ4v) is 4.16. The molecule has 1 saturated carbocycles. The standard InChI is InChI=1S/C18H18N2O5/c1-19-15(10-5-4-6-11(9-10)20(23)24)14-16(21)12-7-2-3-8-13(12)25-17(14)18(19)22/h4-6,9,12-13,15H,2-3,7-8H2,1H3. The number of carbonyl (C=O) groups is 2. The van der Waals surface area contributed by atoms with Gasteiger partial charge in [-0.2, -0.15) is 0 Å². The quantitative estimate of drug-likeness (QED) is 0.608. The maximum atomic E-state index is 13.1. The van der Waals surface area contributed by atoms with E-state index in [4.69, 9.17) is 4.74 Å². The molecule has 0 radical (unpaired) electrons. The Bertz CT molecular complexity index is 815. The fourth-order valence-electron chi connectivity index (χ4n) is 4.16. The van der Waals surface area contributed by atoms with Crippen LogP contribution in [0.4, 0.5) is 5.69 Å². The number of rotatable bonds is 2. The third-order valence-corrected chi connectivity index (χ3v) is 5.39. The number of likely N-dealkylation sites (N-methyl/N-ethyl adjacent to an activating group) is 1. The van der Waals surface area contributed by atoms with Gasteiger partial charge in [-0.05, 0) is 24.8 Å². The van der Waals surface area contributed by atoms with Gasteiger partial charge in [0, 0.05) is 19.2 Å². The lowest BCUT2D eigenvalue weighted by molar-refractivity contribution is -0.384. The number of carbonyl (C=O) groups excluding carboxylic acids is 2. The summed E-state index contributed by atoms with van der Waals surface area (Å²) in [5.74, 6) is -0.454. The van der Waals surface area contributed by atoms with E-state index in [1.165, 1.54) is 17.0 Å². The Kier molecular flexibility index (Phi) is 3.59. The van der Waals surface area contributed by atoms with Crippen LogP contribution in [0.25, 0.3) is 0 Å². The second kappa shape index (κ2) is 5.68. The number of nitrogens with zero attached hydrogens (tertiary/aromatic N) is 2. The molecule has 3 unspecified atom stereocenters. The van der Waals surface area contributed by atoms with Crippen molar-refractivity contribution in [1.82, 2.24) is 4.90 Å². The number of non-ortho nitro benzene ring substituents is 1. The highest BCUT2D eigenvalue weighted by Gasteiger charge is 2.50. The monoisotopic (exact) mass is 342 g/mol. The van der Waals surface area contributed by atoms with Crippen molar-refractivity contribution in [3.63, 3.8) is 0 Å². The first-order chi connectivity index (χ1) is 12.0. The molecule has 1 aliphatic carbocycles. The van der Waals surface area contributed by atoms with Crippen molar-refractivity contribution in [2.45, 2.75) is 37.8 Å². The Hall–Kier alpha value is -2.70. The van der Waals surface area contributed by atoms with Crippen molar-refractivity contribution >= 4 is 17.4 Å². The molecule has 0 saturated heterocycles. The smallest absolute Gasteiger partial charge is 0.289 e. The molecule has 0 N–H and O–H groups in total. The first-order valence-corrected chi connectivity index (χ1v) is 8.45. The lowest BCUT2D eigenvalue weighted by Crippen LogP contribution is -2.39. The Morgan fingerprint density at radius 1 is 1.24 bits per heavy atom. The number of hydrogen-bond acceptors (Lipinski definition) is 5. The molecule has 3 aliphatic rings. The third kappa shape index (κ3) is 2.33. The zero-order valence-electron chi connectivity index (χ0n) is 13.8. The van der Waals surface area contributed by atoms with Gasteiger partial charge in [0.15, 0.2) is 11.5 Å². The van der Waals surface area contributed by atoms with Gasteiger partial charge in [-0.3, -0.25) is 19.7 Å². The van der Waals surface area contributed by atoms with Crippen molar-refractivity contribution in [2.75, 3.05) is 7.05 Å². The molecule has 0 aromatic heterocycles. The predicted molar refractivity (Wildman–Crippen MR) is 87.5 cm³/mol. The van der Waals surface area contributed by atoms with Gasteiger partial charge in [0.25, 0.3) is 11.6 Å². The molecule has 130 valence electrons. The Morgan fingerprint density at radius 2 is 2.00 bits per heavy atom. The van der Waals surface area contributed by atoms with Gasteiger partial charge in [-0.1, -0.05) is 18.6 Å². The number of Topliss-reactive ketones (excluding diaryl/α,β-unsaturated/α-hetero) is 1. The third-order valence-electron chi connectivity index (χ3n) is 5.39. The van der Waals surface area contributed by atoms with Crippen molar-refractivity contribution in [1.29, 1.82) is 0 Å². The van der Waals surface area contributed by atoms with Crippen LogP contribution < -0.4 is 0 Å². The Labute approximate surface area is 144 Å². The molecule has 2 aliphatic heterocycles. The molecule has 7 heteroatoms. The summed E-state index contributed by atoms with van der Waals surface area (Å²) in [6.45, 7) is 0. The first-order valence-electron chi connectivity index (χ1n) is 8.45. The van der Waals surface area contributed by atoms with E-state index in [9.17, 15) is 19.7 Å². The zero-order valence-corrected chi connectivity index (χ0v) is 13.8. The number of nitro benzene ring substituents is 1. The molecular formula is C18H18N2O5. The molecule has 0 bridgehead atoms. The molecular weight excluding hydrogens is 324 g/mol. The predicted octanol–water partition coefficient (Wildman–Crippen LogP) is 2.52. The van der Waals surface area contributed by atoms with Gasteiger partial charge in [-0.25, -0.2) is 0 Å². The average molecular weight is 342 g/mol. The van der Waals surface area contributed by atoms with E-state index in [1.807, 2.05) is 0 Å². The van der Waals surface area contributed by atoms with E-state index in [-0.39, 0.29) is 35.2 Å². The summed E-state index contributed by atoms with van der Waals surface area (Å²) in [5.41, 5.74) is 0.851. The van der Waals surface area contributed by atoms with Crippen LogP contribution in [0.3, 0.4) is 0 Å². The van der Waals surface area contributed by atoms with Gasteiger partial charge in [0.05, 0.1) is 22.5 Å². The van der Waals surface area contributed by atoms with E-state index >= 15 is 0 Å². The molecule has 1 amide bonds. The normalized spacial score (nSPS) is 28.5. The minimum Gasteiger partial charge on any atom is -0.483 e. The van der Waals surface area contributed by atoms with Crippen molar-refractivity contribution in [2.24, 2.45) is 5.92 Å². The van der Waals surface area contributed by atoms with Crippen molar-refractivity contribution < 1.29 is 19.2 Å². The fraction of sp³-hybridized carbons (Fsp3) is 0.444. The molecule has 7 nitrogen and oxygen atoms in total. The summed E-state index contributed by atoms with van der Waals surface area (Å²) in [5, 5.41) is 11.1. The molecule has 1 aromatic carbocycles. The molecule has 0 spiro atoms. The van der Waals surface area contributed by atoms with Crippen LogP contribution in [0.2, 0.25) is 0 Å². The number of ether oxygens (including phenoxy) is 1. The average Bonchev–Trinajstić information content (AvgIpc) is 2.87. The largest absolute Gasteiger partial charge is 0.483 e. The Morgan fingerprint density at radius 3 is 2.76 bits per heavy atom. The van der Waals surface area contributed by atoms with E-state index in [1.54, 1.807) is 19.2 Å². The molecule has 3 atom stereocenters. The van der Waals surface area contributed by atoms with Crippen LogP contribution >= 0.6 is 0 Å². The summed E-state index contributed by atoms with van der Waals surface area (Å²) in [6, 6.07) is 5.47. The van der Waals surface area contributed by atoms with Crippen LogP contribution in [0.1, 0.15) is 37.3 Å². The highest BCUT2D eigenvalue weighted by Crippen LogP contribution is 2.46. The number of amides is 1. The minimum atomic E-state index is -0.627. The molecule has 1 fully saturated rings. The minimum absolute atomic E-state index is 0.0415. The van der Waals surface area contributed by atoms with E-state index in [0.29, 0.717) is 11.1 Å². The number of fused-ring (bicyclic) bond motifs is 1. The van der Waals surface area contributed by atoms with Gasteiger partial charge in [0.1, 0.15) is 6.10 Å². The van der Waals surface area contributed by atoms with Crippen LogP contribution in [0, 0.1) is 16.0 Å².